The minimum Gasteiger partial charge on any atom is -0.258 e. The summed E-state index contributed by atoms with van der Waals surface area (Å²) in [6.45, 7) is 0. The Morgan fingerprint density at radius 2 is 2.15 bits per heavy atom. The molecule has 7 heteroatoms. The smallest absolute Gasteiger partial charge is 0.258 e. The number of hydrogen-bond acceptors (Lipinski definition) is 5. The molecular weight excluding hydrogens is 214 g/mol. The maximum absolute atomic E-state index is 10.9. The number of halogens is 1. The van der Waals surface area contributed by atoms with Crippen LogP contribution in [0.1, 0.15) is 6.42 Å². The van der Waals surface area contributed by atoms with Crippen LogP contribution in [0.4, 0.5) is 0 Å². The first kappa shape index (κ1) is 8.58. The topological polar surface area (TPSA) is 71.2 Å². The number of rotatable bonds is 0. The molecule has 0 amide bonds. The van der Waals surface area contributed by atoms with Crippen LogP contribution < -0.4 is 0 Å². The normalized spacial score (nSPS) is 20.5. The summed E-state index contributed by atoms with van der Waals surface area (Å²) in [6.07, 6.45) is 3.33. The fourth-order valence-corrected chi connectivity index (χ4v) is 1.71. The van der Waals surface area contributed by atoms with E-state index in [1.807, 2.05) is 0 Å². The van der Waals surface area contributed by atoms with Crippen molar-refractivity contribution in [2.75, 3.05) is 0 Å². The zero-order valence-electron chi connectivity index (χ0n) is 6.31. The predicted octanol–water partition coefficient (Wildman–Crippen LogP) is 0.682. The Bertz CT molecular complexity index is 472. The van der Waals surface area contributed by atoms with Crippen LogP contribution in [-0.4, -0.2) is 24.9 Å². The lowest BCUT2D eigenvalue weighted by atomic mass is 10.2. The van der Waals surface area contributed by atoms with Gasteiger partial charge in [-0.1, -0.05) is 0 Å². The van der Waals surface area contributed by atoms with Crippen LogP contribution in [0.2, 0.25) is 0 Å². The third kappa shape index (κ3) is 1.54. The summed E-state index contributed by atoms with van der Waals surface area (Å²) in [5.74, 6) is 0. The summed E-state index contributed by atoms with van der Waals surface area (Å²) in [5, 5.41) is 7.01. The van der Waals surface area contributed by atoms with Crippen molar-refractivity contribution in [3.05, 3.63) is 12.3 Å². The van der Waals surface area contributed by atoms with E-state index in [1.54, 1.807) is 12.3 Å². The van der Waals surface area contributed by atoms with Gasteiger partial charge in [-0.3, -0.25) is 4.99 Å². The number of hydrogen-bond donors (Lipinski definition) is 0. The van der Waals surface area contributed by atoms with E-state index in [0.717, 1.165) is 0 Å². The molecule has 0 radical (unpaired) electrons. The van der Waals surface area contributed by atoms with E-state index in [0.29, 0.717) is 11.4 Å². The van der Waals surface area contributed by atoms with Crippen LogP contribution in [0.5, 0.6) is 0 Å². The van der Waals surface area contributed by atoms with E-state index in [-0.39, 0.29) is 11.5 Å². The van der Waals surface area contributed by atoms with Gasteiger partial charge in [0.2, 0.25) is 0 Å². The summed E-state index contributed by atoms with van der Waals surface area (Å²) in [5.41, 5.74) is 1.19. The zero-order valence-corrected chi connectivity index (χ0v) is 7.88. The van der Waals surface area contributed by atoms with Crippen molar-refractivity contribution in [2.45, 2.75) is 6.42 Å². The highest BCUT2D eigenvalue weighted by Gasteiger charge is 2.25. The van der Waals surface area contributed by atoms with Crippen molar-refractivity contribution in [3.63, 3.8) is 0 Å². The molecule has 0 saturated carbocycles. The Morgan fingerprint density at radius 3 is 2.85 bits per heavy atom. The lowest BCUT2D eigenvalue weighted by Crippen LogP contribution is -2.21. The minimum absolute atomic E-state index is 0.123. The van der Waals surface area contributed by atoms with Crippen LogP contribution in [0, 0.1) is 0 Å². The number of nitrogens with zero attached hydrogens (tertiary/aromatic N) is 3. The molecule has 2 aliphatic rings. The first-order valence-electron chi connectivity index (χ1n) is 3.40. The van der Waals surface area contributed by atoms with Crippen LogP contribution >= 0.6 is 10.7 Å². The average molecular weight is 218 g/mol. The van der Waals surface area contributed by atoms with Gasteiger partial charge in [-0.15, -0.1) is 10.2 Å². The van der Waals surface area contributed by atoms with Gasteiger partial charge in [-0.05, 0) is 6.08 Å². The Balaban J connectivity index is 2.42. The molecule has 0 aromatic carbocycles. The summed E-state index contributed by atoms with van der Waals surface area (Å²) in [6, 6.07) is 0. The molecule has 2 aliphatic heterocycles. The van der Waals surface area contributed by atoms with Gasteiger partial charge in [0.25, 0.3) is 9.05 Å². The van der Waals surface area contributed by atoms with Gasteiger partial charge in [0, 0.05) is 23.3 Å². The van der Waals surface area contributed by atoms with E-state index in [9.17, 15) is 8.42 Å². The molecule has 0 saturated heterocycles. The van der Waals surface area contributed by atoms with Gasteiger partial charge >= 0.3 is 0 Å². The second-order valence-electron chi connectivity index (χ2n) is 2.49. The standard InChI is InChI=1S/C6H4ClN3O2S/c7-13(11,12)6-3-5-4(9-10-6)1-2-8-5/h1-2H,3H2. The summed E-state index contributed by atoms with van der Waals surface area (Å²) in [4.78, 5) is 3.92. The second-order valence-corrected chi connectivity index (χ2v) is 5.05. The van der Waals surface area contributed by atoms with Gasteiger partial charge < -0.3 is 0 Å². The molecule has 0 atom stereocenters. The van der Waals surface area contributed by atoms with Crippen LogP contribution in [0.3, 0.4) is 0 Å². The Morgan fingerprint density at radius 1 is 1.38 bits per heavy atom. The largest absolute Gasteiger partial charge is 0.276 e. The van der Waals surface area contributed by atoms with Gasteiger partial charge in [-0.25, -0.2) is 8.42 Å². The third-order valence-electron chi connectivity index (χ3n) is 1.63. The van der Waals surface area contributed by atoms with Gasteiger partial charge in [-0.2, -0.15) is 0 Å². The Labute approximate surface area is 79.0 Å². The summed E-state index contributed by atoms with van der Waals surface area (Å²) >= 11 is 0. The highest BCUT2D eigenvalue weighted by atomic mass is 35.7. The molecule has 0 aromatic heterocycles. The minimum atomic E-state index is -3.76. The van der Waals surface area contributed by atoms with E-state index in [1.165, 1.54) is 0 Å². The molecule has 0 bridgehead atoms. The SMILES string of the molecule is O=S(=O)(Cl)C1=NN=C2C=CN=C2C1. The van der Waals surface area contributed by atoms with Crippen molar-refractivity contribution in [3.8, 4) is 0 Å². The van der Waals surface area contributed by atoms with Crippen LogP contribution in [0.25, 0.3) is 0 Å². The first-order valence-corrected chi connectivity index (χ1v) is 5.71. The zero-order chi connectivity index (χ0) is 9.47. The van der Waals surface area contributed by atoms with Crippen molar-refractivity contribution >= 4 is 36.2 Å². The Hall–Kier alpha value is -1.01. The molecule has 0 unspecified atom stereocenters. The van der Waals surface area contributed by atoms with E-state index in [2.05, 4.69) is 15.2 Å². The van der Waals surface area contributed by atoms with Gasteiger partial charge in [0.1, 0.15) is 5.71 Å². The lowest BCUT2D eigenvalue weighted by Gasteiger charge is -2.06. The van der Waals surface area contributed by atoms with Crippen molar-refractivity contribution in [1.29, 1.82) is 0 Å². The molecule has 68 valence electrons. The maximum Gasteiger partial charge on any atom is 0.276 e. The first-order chi connectivity index (χ1) is 6.07. The van der Waals surface area contributed by atoms with E-state index >= 15 is 0 Å². The van der Waals surface area contributed by atoms with E-state index < -0.39 is 9.05 Å². The molecule has 0 spiro atoms. The highest BCUT2D eigenvalue weighted by Crippen LogP contribution is 2.14. The highest BCUT2D eigenvalue weighted by molar-refractivity contribution is 8.25. The van der Waals surface area contributed by atoms with Crippen molar-refractivity contribution in [1.82, 2.24) is 0 Å². The molecular formula is C6H4ClN3O2S. The summed E-state index contributed by atoms with van der Waals surface area (Å²) in [7, 11) is 1.34. The number of fused-ring (bicyclic) bond motifs is 1. The van der Waals surface area contributed by atoms with Crippen LogP contribution in [-0.2, 0) is 9.05 Å². The van der Waals surface area contributed by atoms with Gasteiger partial charge in [0.05, 0.1) is 5.71 Å². The molecule has 5 nitrogen and oxygen atoms in total. The molecule has 0 aromatic rings. The fraction of sp³-hybridized carbons (Fsp3) is 0.167. The Kier molecular flexibility index (Phi) is 1.81. The van der Waals surface area contributed by atoms with Crippen molar-refractivity contribution in [2.24, 2.45) is 15.2 Å². The number of aliphatic imine (C=N–C) groups is 1. The quantitative estimate of drug-likeness (QED) is 0.560. The predicted molar refractivity (Wildman–Crippen MR) is 50.8 cm³/mol. The molecule has 13 heavy (non-hydrogen) atoms. The third-order valence-corrected chi connectivity index (χ3v) is 2.95. The van der Waals surface area contributed by atoms with E-state index in [4.69, 9.17) is 10.7 Å². The number of allylic oxidation sites excluding steroid dienone is 1. The molecule has 2 heterocycles. The van der Waals surface area contributed by atoms with Crippen molar-refractivity contribution < 1.29 is 8.42 Å². The molecule has 0 fully saturated rings. The molecule has 0 aliphatic carbocycles. The second kappa shape index (κ2) is 2.74. The lowest BCUT2D eigenvalue weighted by molar-refractivity contribution is 0.619. The average Bonchev–Trinajstić information content (AvgIpc) is 2.47. The molecule has 0 N–H and O–H groups in total. The summed E-state index contributed by atoms with van der Waals surface area (Å²) < 4.78 is 21.7. The van der Waals surface area contributed by atoms with Gasteiger partial charge in [0.15, 0.2) is 5.04 Å². The van der Waals surface area contributed by atoms with Crippen LogP contribution in [0.15, 0.2) is 27.5 Å². The molecule has 2 rings (SSSR count). The maximum atomic E-state index is 10.9. The fourth-order valence-electron chi connectivity index (χ4n) is 1.01. The monoisotopic (exact) mass is 217 g/mol.